The molecule has 0 aliphatic rings. The molecule has 0 radical (unpaired) electrons. The fourth-order valence-corrected chi connectivity index (χ4v) is 1.64. The second-order valence-corrected chi connectivity index (χ2v) is 4.63. The molecular formula is C7H17NO4S. The van der Waals surface area contributed by atoms with Gasteiger partial charge in [0.1, 0.15) is 0 Å². The van der Waals surface area contributed by atoms with Crippen LogP contribution < -0.4 is 0 Å². The first-order chi connectivity index (χ1) is 6.02. The van der Waals surface area contributed by atoms with E-state index in [-0.39, 0.29) is 0 Å². The van der Waals surface area contributed by atoms with Gasteiger partial charge in [0.15, 0.2) is 0 Å². The molecule has 6 heteroatoms. The zero-order chi connectivity index (χ0) is 10.3. The SMILES string of the molecule is COCCN(CCOC)S(C)(=O)=O. The third-order valence-electron chi connectivity index (χ3n) is 1.56. The van der Waals surface area contributed by atoms with Crippen LogP contribution in [0.2, 0.25) is 0 Å². The molecule has 0 heterocycles. The molecule has 13 heavy (non-hydrogen) atoms. The number of methoxy groups -OCH3 is 2. The normalized spacial score (nSPS) is 12.3. The van der Waals surface area contributed by atoms with Gasteiger partial charge in [-0.2, -0.15) is 4.31 Å². The fourth-order valence-electron chi connectivity index (χ4n) is 0.830. The Morgan fingerprint density at radius 3 is 1.69 bits per heavy atom. The van der Waals surface area contributed by atoms with Gasteiger partial charge in [0.2, 0.25) is 10.0 Å². The summed E-state index contributed by atoms with van der Waals surface area (Å²) < 4.78 is 33.3. The Labute approximate surface area is 79.7 Å². The molecule has 80 valence electrons. The van der Waals surface area contributed by atoms with E-state index in [9.17, 15) is 8.42 Å². The van der Waals surface area contributed by atoms with Crippen LogP contribution in [-0.4, -0.2) is 59.5 Å². The van der Waals surface area contributed by atoms with Crippen LogP contribution in [0.3, 0.4) is 0 Å². The predicted octanol–water partition coefficient (Wildman–Crippen LogP) is -0.459. The molecule has 0 bridgehead atoms. The minimum atomic E-state index is -3.14. The van der Waals surface area contributed by atoms with Crippen molar-refractivity contribution in [3.05, 3.63) is 0 Å². The first kappa shape index (κ1) is 12.8. The van der Waals surface area contributed by atoms with Crippen LogP contribution in [0.5, 0.6) is 0 Å². The maximum atomic E-state index is 11.2. The molecule has 0 aromatic rings. The lowest BCUT2D eigenvalue weighted by Gasteiger charge is -2.18. The van der Waals surface area contributed by atoms with Gasteiger partial charge in [-0.15, -0.1) is 0 Å². The highest BCUT2D eigenvalue weighted by Crippen LogP contribution is 1.96. The van der Waals surface area contributed by atoms with E-state index in [2.05, 4.69) is 0 Å². The van der Waals surface area contributed by atoms with Crippen LogP contribution >= 0.6 is 0 Å². The highest BCUT2D eigenvalue weighted by Gasteiger charge is 2.14. The Morgan fingerprint density at radius 2 is 1.46 bits per heavy atom. The van der Waals surface area contributed by atoms with Crippen LogP contribution in [0, 0.1) is 0 Å². The minimum Gasteiger partial charge on any atom is -0.383 e. The van der Waals surface area contributed by atoms with Gasteiger partial charge in [-0.1, -0.05) is 0 Å². The number of hydrogen-bond donors (Lipinski definition) is 0. The second-order valence-electron chi connectivity index (χ2n) is 2.65. The van der Waals surface area contributed by atoms with Gasteiger partial charge in [0.25, 0.3) is 0 Å². The number of sulfonamides is 1. The van der Waals surface area contributed by atoms with Gasteiger partial charge < -0.3 is 9.47 Å². The summed E-state index contributed by atoms with van der Waals surface area (Å²) in [5, 5.41) is 0. The van der Waals surface area contributed by atoms with E-state index in [4.69, 9.17) is 9.47 Å². The maximum absolute atomic E-state index is 11.2. The molecule has 5 nitrogen and oxygen atoms in total. The van der Waals surface area contributed by atoms with Crippen LogP contribution in [0.25, 0.3) is 0 Å². The summed E-state index contributed by atoms with van der Waals surface area (Å²) in [5.41, 5.74) is 0. The molecule has 0 aliphatic carbocycles. The van der Waals surface area contributed by atoms with Crippen molar-refractivity contribution < 1.29 is 17.9 Å². The van der Waals surface area contributed by atoms with Gasteiger partial charge in [0.05, 0.1) is 19.5 Å². The highest BCUT2D eigenvalue weighted by molar-refractivity contribution is 7.88. The third-order valence-corrected chi connectivity index (χ3v) is 2.86. The Kier molecular flexibility index (Phi) is 6.23. The topological polar surface area (TPSA) is 55.8 Å². The Hall–Kier alpha value is -0.170. The van der Waals surface area contributed by atoms with Crippen molar-refractivity contribution in [2.45, 2.75) is 0 Å². The smallest absolute Gasteiger partial charge is 0.211 e. The van der Waals surface area contributed by atoms with Crippen molar-refractivity contribution in [3.63, 3.8) is 0 Å². The van der Waals surface area contributed by atoms with Gasteiger partial charge in [-0.3, -0.25) is 0 Å². The van der Waals surface area contributed by atoms with E-state index in [0.29, 0.717) is 26.3 Å². The summed E-state index contributed by atoms with van der Waals surface area (Å²) in [6.07, 6.45) is 1.18. The summed E-state index contributed by atoms with van der Waals surface area (Å²) in [5.74, 6) is 0. The number of hydrogen-bond acceptors (Lipinski definition) is 4. The van der Waals surface area contributed by atoms with Crippen molar-refractivity contribution >= 4 is 10.0 Å². The Bertz CT molecular complexity index is 207. The van der Waals surface area contributed by atoms with Crippen LogP contribution in [0.1, 0.15) is 0 Å². The number of nitrogens with zero attached hydrogens (tertiary/aromatic N) is 1. The van der Waals surface area contributed by atoms with Crippen LogP contribution in [-0.2, 0) is 19.5 Å². The van der Waals surface area contributed by atoms with Crippen LogP contribution in [0.15, 0.2) is 0 Å². The first-order valence-corrected chi connectivity index (χ1v) is 5.80. The standard InChI is InChI=1S/C7H17NO4S/c1-11-6-4-8(5-7-12-2)13(3,9)10/h4-7H2,1-3H3. The molecule has 0 unspecified atom stereocenters. The summed E-state index contributed by atoms with van der Waals surface area (Å²) in [4.78, 5) is 0. The van der Waals surface area contributed by atoms with Crippen molar-refractivity contribution in [2.24, 2.45) is 0 Å². The third kappa shape index (κ3) is 5.98. The lowest BCUT2D eigenvalue weighted by atomic mass is 10.6. The molecular weight excluding hydrogens is 194 g/mol. The molecule has 0 saturated carbocycles. The zero-order valence-corrected chi connectivity index (χ0v) is 9.13. The summed E-state index contributed by atoms with van der Waals surface area (Å²) in [7, 11) is -0.0591. The van der Waals surface area contributed by atoms with Gasteiger partial charge in [0, 0.05) is 27.3 Å². The Balaban J connectivity index is 4.04. The fraction of sp³-hybridized carbons (Fsp3) is 1.00. The molecule has 0 aromatic heterocycles. The highest BCUT2D eigenvalue weighted by atomic mass is 32.2. The molecule has 0 amide bonds. The van der Waals surface area contributed by atoms with E-state index >= 15 is 0 Å². The van der Waals surface area contributed by atoms with Gasteiger partial charge >= 0.3 is 0 Å². The maximum Gasteiger partial charge on any atom is 0.211 e. The van der Waals surface area contributed by atoms with E-state index < -0.39 is 10.0 Å². The van der Waals surface area contributed by atoms with E-state index in [1.165, 1.54) is 24.8 Å². The van der Waals surface area contributed by atoms with E-state index in [1.807, 2.05) is 0 Å². The van der Waals surface area contributed by atoms with E-state index in [1.54, 1.807) is 0 Å². The molecule has 0 rings (SSSR count). The largest absolute Gasteiger partial charge is 0.383 e. The summed E-state index contributed by atoms with van der Waals surface area (Å²) in [6, 6.07) is 0. The molecule has 0 aromatic carbocycles. The van der Waals surface area contributed by atoms with Crippen molar-refractivity contribution in [1.29, 1.82) is 0 Å². The Morgan fingerprint density at radius 1 is 1.08 bits per heavy atom. The van der Waals surface area contributed by atoms with Crippen molar-refractivity contribution in [2.75, 3.05) is 46.8 Å². The quantitative estimate of drug-likeness (QED) is 0.572. The molecule has 0 spiro atoms. The van der Waals surface area contributed by atoms with Gasteiger partial charge in [-0.25, -0.2) is 8.42 Å². The molecule has 0 aliphatic heterocycles. The van der Waals surface area contributed by atoms with Crippen molar-refractivity contribution in [1.82, 2.24) is 4.31 Å². The molecule has 0 N–H and O–H groups in total. The monoisotopic (exact) mass is 211 g/mol. The van der Waals surface area contributed by atoms with Gasteiger partial charge in [-0.05, 0) is 0 Å². The zero-order valence-electron chi connectivity index (χ0n) is 8.32. The number of rotatable bonds is 7. The molecule has 0 fully saturated rings. The molecule has 0 saturated heterocycles. The van der Waals surface area contributed by atoms with Crippen LogP contribution in [0.4, 0.5) is 0 Å². The average molecular weight is 211 g/mol. The van der Waals surface area contributed by atoms with Crippen molar-refractivity contribution in [3.8, 4) is 0 Å². The summed E-state index contributed by atoms with van der Waals surface area (Å²) in [6.45, 7) is 1.55. The molecule has 0 atom stereocenters. The second kappa shape index (κ2) is 6.31. The summed E-state index contributed by atoms with van der Waals surface area (Å²) >= 11 is 0. The lowest BCUT2D eigenvalue weighted by molar-refractivity contribution is 0.150. The average Bonchev–Trinajstić information content (AvgIpc) is 2.02. The predicted molar refractivity (Wildman–Crippen MR) is 50.2 cm³/mol. The first-order valence-electron chi connectivity index (χ1n) is 3.95. The van der Waals surface area contributed by atoms with E-state index in [0.717, 1.165) is 0 Å². The minimum absolute atomic E-state index is 0.374. The lowest BCUT2D eigenvalue weighted by Crippen LogP contribution is -2.35. The number of ether oxygens (including phenoxy) is 2.